The highest BCUT2D eigenvalue weighted by Gasteiger charge is 2.34. The van der Waals surface area contributed by atoms with Gasteiger partial charge >= 0.3 is 0 Å². The average molecular weight is 256 g/mol. The largest absolute Gasteiger partial charge is 0.385 e. The number of hydrogen-bond acceptors (Lipinski definition) is 3. The van der Waals surface area contributed by atoms with Gasteiger partial charge in [0, 0.05) is 32.7 Å². The minimum absolute atomic E-state index is 0.0273. The summed E-state index contributed by atoms with van der Waals surface area (Å²) in [4.78, 5) is 25.9. The van der Waals surface area contributed by atoms with E-state index in [4.69, 9.17) is 4.74 Å². The summed E-state index contributed by atoms with van der Waals surface area (Å²) in [6, 6.07) is -0.442. The lowest BCUT2D eigenvalue weighted by Crippen LogP contribution is -2.49. The van der Waals surface area contributed by atoms with Gasteiger partial charge < -0.3 is 15.0 Å². The van der Waals surface area contributed by atoms with E-state index in [9.17, 15) is 9.59 Å². The van der Waals surface area contributed by atoms with Gasteiger partial charge in [-0.25, -0.2) is 0 Å². The first-order valence-corrected chi connectivity index (χ1v) is 6.56. The molecule has 1 saturated heterocycles. The van der Waals surface area contributed by atoms with Gasteiger partial charge in [0.05, 0.1) is 0 Å². The average Bonchev–Trinajstić information content (AvgIpc) is 2.39. The molecule has 1 rings (SSSR count). The molecule has 2 atom stereocenters. The molecular formula is C13H24N2O3. The zero-order valence-corrected chi connectivity index (χ0v) is 11.7. The first-order chi connectivity index (χ1) is 8.47. The molecule has 0 aromatic rings. The van der Waals surface area contributed by atoms with Crippen LogP contribution in [0.5, 0.6) is 0 Å². The van der Waals surface area contributed by atoms with Crippen LogP contribution in [0.15, 0.2) is 0 Å². The highest BCUT2D eigenvalue weighted by atomic mass is 16.5. The summed E-state index contributed by atoms with van der Waals surface area (Å²) in [5.74, 6) is 0.0971. The Bertz CT molecular complexity index is 305. The molecular weight excluding hydrogens is 232 g/mol. The lowest BCUT2D eigenvalue weighted by atomic mass is 10.0. The van der Waals surface area contributed by atoms with Gasteiger partial charge in [-0.1, -0.05) is 13.8 Å². The zero-order valence-electron chi connectivity index (χ0n) is 11.7. The van der Waals surface area contributed by atoms with E-state index in [1.807, 2.05) is 25.7 Å². The molecule has 0 aromatic carbocycles. The van der Waals surface area contributed by atoms with Crippen molar-refractivity contribution in [1.29, 1.82) is 0 Å². The van der Waals surface area contributed by atoms with Crippen LogP contribution in [-0.4, -0.2) is 49.1 Å². The molecule has 1 heterocycles. The third-order valence-electron chi connectivity index (χ3n) is 3.29. The molecule has 18 heavy (non-hydrogen) atoms. The van der Waals surface area contributed by atoms with Crippen LogP contribution in [0.25, 0.3) is 0 Å². The number of amides is 2. The summed E-state index contributed by atoms with van der Waals surface area (Å²) in [5, 5.41) is 2.82. The number of methoxy groups -OCH3 is 1. The molecule has 104 valence electrons. The molecule has 0 bridgehead atoms. The Balaban J connectivity index is 2.77. The van der Waals surface area contributed by atoms with Gasteiger partial charge in [0.2, 0.25) is 11.8 Å². The van der Waals surface area contributed by atoms with Crippen LogP contribution in [0, 0.1) is 5.92 Å². The van der Waals surface area contributed by atoms with E-state index in [1.54, 1.807) is 7.11 Å². The highest BCUT2D eigenvalue weighted by Crippen LogP contribution is 2.16. The van der Waals surface area contributed by atoms with Crippen LogP contribution in [0.3, 0.4) is 0 Å². The Kier molecular flexibility index (Phi) is 5.59. The smallest absolute Gasteiger partial charge is 0.245 e. The Labute approximate surface area is 109 Å². The molecule has 0 spiro atoms. The maximum Gasteiger partial charge on any atom is 0.245 e. The van der Waals surface area contributed by atoms with Gasteiger partial charge in [-0.2, -0.15) is 0 Å². The molecule has 0 saturated carbocycles. The topological polar surface area (TPSA) is 58.6 Å². The monoisotopic (exact) mass is 256 g/mol. The number of nitrogens with zero attached hydrogens (tertiary/aromatic N) is 1. The standard InChI is InChI=1S/C13H24N2O3/c1-9(2)12-13(17)15(6-5-7-18-4)10(3)8-11(16)14-12/h9-10,12H,5-8H2,1-4H3,(H,14,16). The minimum atomic E-state index is -0.398. The van der Waals surface area contributed by atoms with Crippen molar-refractivity contribution in [2.45, 2.75) is 45.7 Å². The molecule has 0 radical (unpaired) electrons. The van der Waals surface area contributed by atoms with Crippen molar-refractivity contribution >= 4 is 11.8 Å². The van der Waals surface area contributed by atoms with Crippen LogP contribution < -0.4 is 5.32 Å². The van der Waals surface area contributed by atoms with Gasteiger partial charge in [-0.3, -0.25) is 9.59 Å². The van der Waals surface area contributed by atoms with Gasteiger partial charge in [-0.15, -0.1) is 0 Å². The van der Waals surface area contributed by atoms with E-state index in [0.29, 0.717) is 19.6 Å². The molecule has 1 N–H and O–H groups in total. The number of hydrogen-bond donors (Lipinski definition) is 1. The molecule has 2 amide bonds. The van der Waals surface area contributed by atoms with Crippen LogP contribution in [0.2, 0.25) is 0 Å². The molecule has 5 heteroatoms. The summed E-state index contributed by atoms with van der Waals surface area (Å²) in [6.45, 7) is 7.10. The first-order valence-electron chi connectivity index (χ1n) is 6.56. The van der Waals surface area contributed by atoms with Crippen LogP contribution >= 0.6 is 0 Å². The van der Waals surface area contributed by atoms with E-state index in [1.165, 1.54) is 0 Å². The normalized spacial score (nSPS) is 25.3. The number of carbonyl (C=O) groups excluding carboxylic acids is 2. The SMILES string of the molecule is COCCCN1C(=O)C(C(C)C)NC(=O)CC1C. The van der Waals surface area contributed by atoms with Crippen molar-refractivity contribution in [3.63, 3.8) is 0 Å². The summed E-state index contributed by atoms with van der Waals surface area (Å²) >= 11 is 0. The number of ether oxygens (including phenoxy) is 1. The van der Waals surface area contributed by atoms with Crippen LogP contribution in [0.1, 0.15) is 33.6 Å². The summed E-state index contributed by atoms with van der Waals surface area (Å²) in [6.07, 6.45) is 1.17. The predicted octanol–water partition coefficient (Wildman–Crippen LogP) is 0.784. The van der Waals surface area contributed by atoms with Crippen molar-refractivity contribution in [2.24, 2.45) is 5.92 Å². The summed E-state index contributed by atoms with van der Waals surface area (Å²) in [7, 11) is 1.65. The predicted molar refractivity (Wildman–Crippen MR) is 69.1 cm³/mol. The second-order valence-electron chi connectivity index (χ2n) is 5.22. The Morgan fingerprint density at radius 1 is 1.44 bits per heavy atom. The first kappa shape index (κ1) is 15.0. The summed E-state index contributed by atoms with van der Waals surface area (Å²) < 4.78 is 5.01. The number of rotatable bonds is 5. The molecule has 1 aliphatic rings. The Morgan fingerprint density at radius 2 is 2.11 bits per heavy atom. The molecule has 0 aromatic heterocycles. The molecule has 1 fully saturated rings. The van der Waals surface area contributed by atoms with E-state index in [-0.39, 0.29) is 23.8 Å². The van der Waals surface area contributed by atoms with Crippen LogP contribution in [-0.2, 0) is 14.3 Å². The van der Waals surface area contributed by atoms with Crippen LogP contribution in [0.4, 0.5) is 0 Å². The third kappa shape index (κ3) is 3.70. The summed E-state index contributed by atoms with van der Waals surface area (Å²) in [5.41, 5.74) is 0. The quantitative estimate of drug-likeness (QED) is 0.740. The Morgan fingerprint density at radius 3 is 2.67 bits per heavy atom. The zero-order chi connectivity index (χ0) is 13.7. The maximum atomic E-state index is 12.4. The van der Waals surface area contributed by atoms with E-state index >= 15 is 0 Å². The fraction of sp³-hybridized carbons (Fsp3) is 0.846. The van der Waals surface area contributed by atoms with Gasteiger partial charge in [-0.05, 0) is 19.3 Å². The molecule has 5 nitrogen and oxygen atoms in total. The van der Waals surface area contributed by atoms with Crippen molar-refractivity contribution in [3.05, 3.63) is 0 Å². The second kappa shape index (κ2) is 6.73. The fourth-order valence-electron chi connectivity index (χ4n) is 2.23. The van der Waals surface area contributed by atoms with Crippen molar-refractivity contribution in [2.75, 3.05) is 20.3 Å². The fourth-order valence-corrected chi connectivity index (χ4v) is 2.23. The lowest BCUT2D eigenvalue weighted by molar-refractivity contribution is -0.136. The highest BCUT2D eigenvalue weighted by molar-refractivity contribution is 5.90. The van der Waals surface area contributed by atoms with Crippen molar-refractivity contribution in [1.82, 2.24) is 10.2 Å². The van der Waals surface area contributed by atoms with E-state index in [2.05, 4.69) is 5.32 Å². The van der Waals surface area contributed by atoms with Gasteiger partial charge in [0.15, 0.2) is 0 Å². The molecule has 1 aliphatic heterocycles. The Hall–Kier alpha value is -1.10. The maximum absolute atomic E-state index is 12.4. The van der Waals surface area contributed by atoms with Crippen molar-refractivity contribution in [3.8, 4) is 0 Å². The van der Waals surface area contributed by atoms with E-state index in [0.717, 1.165) is 6.42 Å². The van der Waals surface area contributed by atoms with Crippen molar-refractivity contribution < 1.29 is 14.3 Å². The molecule has 2 unspecified atom stereocenters. The number of nitrogens with one attached hydrogen (secondary N) is 1. The second-order valence-corrected chi connectivity index (χ2v) is 5.22. The minimum Gasteiger partial charge on any atom is -0.385 e. The third-order valence-corrected chi connectivity index (χ3v) is 3.29. The number of carbonyl (C=O) groups is 2. The van der Waals surface area contributed by atoms with Gasteiger partial charge in [0.1, 0.15) is 6.04 Å². The van der Waals surface area contributed by atoms with Gasteiger partial charge in [0.25, 0.3) is 0 Å². The lowest BCUT2D eigenvalue weighted by Gasteiger charge is -2.29. The molecule has 0 aliphatic carbocycles. The van der Waals surface area contributed by atoms with E-state index < -0.39 is 6.04 Å².